The summed E-state index contributed by atoms with van der Waals surface area (Å²) in [5.74, 6) is -2.01. The number of thiocarbonyl (C=S) groups is 1. The van der Waals surface area contributed by atoms with Crippen molar-refractivity contribution in [3.63, 3.8) is 0 Å². The van der Waals surface area contributed by atoms with Gasteiger partial charge in [-0.15, -0.1) is 0 Å². The summed E-state index contributed by atoms with van der Waals surface area (Å²) in [4.78, 5) is 46.1. The summed E-state index contributed by atoms with van der Waals surface area (Å²) in [6, 6.07) is 5.65. The second-order valence-electron chi connectivity index (χ2n) is 5.11. The van der Waals surface area contributed by atoms with Crippen molar-refractivity contribution in [1.82, 2.24) is 10.2 Å². The molecule has 0 spiro atoms. The molecule has 0 atom stereocenters. The third-order valence-electron chi connectivity index (χ3n) is 3.24. The predicted molar refractivity (Wildman–Crippen MR) is 98.2 cm³/mol. The Morgan fingerprint density at radius 3 is 2.58 bits per heavy atom. The van der Waals surface area contributed by atoms with E-state index in [9.17, 15) is 24.5 Å². The zero-order chi connectivity index (χ0) is 19.3. The zero-order valence-electron chi connectivity index (χ0n) is 13.2. The quantitative estimate of drug-likeness (QED) is 0.307. The molecule has 0 unspecified atom stereocenters. The van der Waals surface area contributed by atoms with Gasteiger partial charge in [0.1, 0.15) is 10.9 Å². The van der Waals surface area contributed by atoms with Gasteiger partial charge in [0.15, 0.2) is 0 Å². The topological polar surface area (TPSA) is 130 Å². The summed E-state index contributed by atoms with van der Waals surface area (Å²) in [5, 5.41) is 21.6. The third kappa shape index (κ3) is 5.10. The van der Waals surface area contributed by atoms with Gasteiger partial charge >= 0.3 is 5.97 Å². The number of nitro benzene ring substituents is 1. The minimum atomic E-state index is -1.04. The first-order chi connectivity index (χ1) is 12.3. The molecular formula is C15H13N3O6S2. The lowest BCUT2D eigenvalue weighted by atomic mass is 10.2. The van der Waals surface area contributed by atoms with Gasteiger partial charge in [0.05, 0.1) is 16.2 Å². The molecule has 1 saturated heterocycles. The molecule has 1 aromatic carbocycles. The van der Waals surface area contributed by atoms with Crippen LogP contribution >= 0.6 is 24.0 Å². The molecule has 1 aliphatic rings. The standard InChI is InChI=1S/C15H13N3O6S2/c19-12(16-6-5-13(20)21)8-17-14(22)11(26-15(17)25)7-9-1-3-10(4-2-9)18(23)24/h1-4,7H,5-6,8H2,(H,16,19)(H,20,21)/b11-7-. The van der Waals surface area contributed by atoms with E-state index in [-0.39, 0.29) is 29.5 Å². The number of rotatable bonds is 7. The maximum atomic E-state index is 12.4. The van der Waals surface area contributed by atoms with Crippen molar-refractivity contribution in [2.24, 2.45) is 0 Å². The van der Waals surface area contributed by atoms with Gasteiger partial charge in [-0.25, -0.2) is 0 Å². The molecule has 1 fully saturated rings. The minimum Gasteiger partial charge on any atom is -0.481 e. The fraction of sp³-hybridized carbons (Fsp3) is 0.200. The first kappa shape index (κ1) is 19.5. The van der Waals surface area contributed by atoms with E-state index in [4.69, 9.17) is 17.3 Å². The predicted octanol–water partition coefficient (Wildman–Crippen LogP) is 1.39. The molecule has 2 amide bonds. The second-order valence-corrected chi connectivity index (χ2v) is 6.79. The van der Waals surface area contributed by atoms with Gasteiger partial charge in [-0.3, -0.25) is 29.4 Å². The van der Waals surface area contributed by atoms with Gasteiger partial charge in [0.2, 0.25) is 5.91 Å². The summed E-state index contributed by atoms with van der Waals surface area (Å²) in [5.41, 5.74) is 0.523. The Balaban J connectivity index is 2.02. The van der Waals surface area contributed by atoms with Crippen LogP contribution in [0, 0.1) is 10.1 Å². The van der Waals surface area contributed by atoms with Gasteiger partial charge < -0.3 is 10.4 Å². The second kappa shape index (κ2) is 8.54. The molecular weight excluding hydrogens is 382 g/mol. The molecule has 0 aromatic heterocycles. The number of nitrogens with one attached hydrogen (secondary N) is 1. The van der Waals surface area contributed by atoms with Crippen LogP contribution in [-0.4, -0.2) is 50.1 Å². The number of thioether (sulfide) groups is 1. The molecule has 0 bridgehead atoms. The first-order valence-electron chi connectivity index (χ1n) is 7.26. The van der Waals surface area contributed by atoms with Crippen molar-refractivity contribution in [3.8, 4) is 0 Å². The molecule has 0 radical (unpaired) electrons. The molecule has 11 heteroatoms. The average molecular weight is 395 g/mol. The van der Waals surface area contributed by atoms with Gasteiger partial charge in [-0.1, -0.05) is 24.0 Å². The number of nitrogens with zero attached hydrogens (tertiary/aromatic N) is 2. The molecule has 2 rings (SSSR count). The number of non-ortho nitro benzene ring substituents is 1. The summed E-state index contributed by atoms with van der Waals surface area (Å²) in [6.45, 7) is -0.344. The SMILES string of the molecule is O=C(O)CCNC(=O)CN1C(=O)/C(=C/c2ccc([N+](=O)[O-])cc2)SC1=S. The lowest BCUT2D eigenvalue weighted by Crippen LogP contribution is -2.40. The number of aliphatic carboxylic acids is 1. The van der Waals surface area contributed by atoms with Crippen LogP contribution in [0.2, 0.25) is 0 Å². The molecule has 1 aromatic rings. The number of carboxylic acids is 1. The molecule has 1 heterocycles. The van der Waals surface area contributed by atoms with Crippen molar-refractivity contribution in [1.29, 1.82) is 0 Å². The Morgan fingerprint density at radius 2 is 2.00 bits per heavy atom. The van der Waals surface area contributed by atoms with Crippen LogP contribution in [0.25, 0.3) is 6.08 Å². The zero-order valence-corrected chi connectivity index (χ0v) is 14.8. The monoisotopic (exact) mass is 395 g/mol. The Labute approximate surface area is 157 Å². The fourth-order valence-corrected chi connectivity index (χ4v) is 3.24. The van der Waals surface area contributed by atoms with E-state index in [0.29, 0.717) is 10.5 Å². The van der Waals surface area contributed by atoms with Crippen LogP contribution < -0.4 is 5.32 Å². The molecule has 0 saturated carbocycles. The van der Waals surface area contributed by atoms with E-state index in [1.54, 1.807) is 0 Å². The molecule has 2 N–H and O–H groups in total. The van der Waals surface area contributed by atoms with E-state index in [1.807, 2.05) is 0 Å². The molecule has 136 valence electrons. The normalized spacial score (nSPS) is 15.4. The smallest absolute Gasteiger partial charge is 0.305 e. The van der Waals surface area contributed by atoms with Crippen LogP contribution in [-0.2, 0) is 14.4 Å². The van der Waals surface area contributed by atoms with Gasteiger partial charge in [0, 0.05) is 18.7 Å². The highest BCUT2D eigenvalue weighted by Crippen LogP contribution is 2.32. The maximum absolute atomic E-state index is 12.4. The first-order valence-corrected chi connectivity index (χ1v) is 8.48. The van der Waals surface area contributed by atoms with Gasteiger partial charge in [-0.2, -0.15) is 0 Å². The number of hydrogen-bond acceptors (Lipinski definition) is 7. The summed E-state index contributed by atoms with van der Waals surface area (Å²) >= 11 is 6.12. The highest BCUT2D eigenvalue weighted by atomic mass is 32.2. The average Bonchev–Trinajstić information content (AvgIpc) is 2.82. The van der Waals surface area contributed by atoms with Gasteiger partial charge in [-0.05, 0) is 23.8 Å². The van der Waals surface area contributed by atoms with E-state index in [0.717, 1.165) is 16.7 Å². The van der Waals surface area contributed by atoms with Crippen LogP contribution in [0.1, 0.15) is 12.0 Å². The fourth-order valence-electron chi connectivity index (χ4n) is 1.99. The largest absolute Gasteiger partial charge is 0.481 e. The molecule has 1 aliphatic heterocycles. The summed E-state index contributed by atoms with van der Waals surface area (Å²) in [6.07, 6.45) is 1.32. The summed E-state index contributed by atoms with van der Waals surface area (Å²) in [7, 11) is 0. The van der Waals surface area contributed by atoms with Crippen molar-refractivity contribution >= 4 is 57.8 Å². The minimum absolute atomic E-state index is 0.0401. The van der Waals surface area contributed by atoms with Gasteiger partial charge in [0.25, 0.3) is 11.6 Å². The Kier molecular flexibility index (Phi) is 6.41. The number of carbonyl (C=O) groups is 3. The van der Waals surface area contributed by atoms with E-state index < -0.39 is 22.7 Å². The highest BCUT2D eigenvalue weighted by Gasteiger charge is 2.33. The van der Waals surface area contributed by atoms with Crippen LogP contribution in [0.3, 0.4) is 0 Å². The highest BCUT2D eigenvalue weighted by molar-refractivity contribution is 8.26. The number of benzene rings is 1. The van der Waals surface area contributed by atoms with Crippen molar-refractivity contribution in [3.05, 3.63) is 44.8 Å². The third-order valence-corrected chi connectivity index (χ3v) is 4.62. The number of carbonyl (C=O) groups excluding carboxylic acids is 2. The van der Waals surface area contributed by atoms with Crippen LogP contribution in [0.5, 0.6) is 0 Å². The van der Waals surface area contributed by atoms with Crippen LogP contribution in [0.15, 0.2) is 29.2 Å². The van der Waals surface area contributed by atoms with Crippen molar-refractivity contribution in [2.45, 2.75) is 6.42 Å². The number of hydrogen-bond donors (Lipinski definition) is 2. The summed E-state index contributed by atoms with van der Waals surface area (Å²) < 4.78 is 0.205. The maximum Gasteiger partial charge on any atom is 0.305 e. The van der Waals surface area contributed by atoms with Crippen LogP contribution in [0.4, 0.5) is 5.69 Å². The molecule has 0 aliphatic carbocycles. The van der Waals surface area contributed by atoms with E-state index >= 15 is 0 Å². The lowest BCUT2D eigenvalue weighted by molar-refractivity contribution is -0.384. The Hall–Kier alpha value is -2.79. The number of carboxylic acid groups (broad SMARTS) is 1. The molecule has 9 nitrogen and oxygen atoms in total. The Morgan fingerprint density at radius 1 is 1.35 bits per heavy atom. The van der Waals surface area contributed by atoms with Crippen molar-refractivity contribution in [2.75, 3.05) is 13.1 Å². The Bertz CT molecular complexity index is 806. The van der Waals surface area contributed by atoms with E-state index in [2.05, 4.69) is 5.32 Å². The molecule has 26 heavy (non-hydrogen) atoms. The van der Waals surface area contributed by atoms with E-state index in [1.165, 1.54) is 30.3 Å². The lowest BCUT2D eigenvalue weighted by Gasteiger charge is -2.13. The number of amides is 2. The van der Waals surface area contributed by atoms with Crippen molar-refractivity contribution < 1.29 is 24.4 Å². The number of nitro groups is 1.